The van der Waals surface area contributed by atoms with Crippen molar-refractivity contribution >= 4 is 23.2 Å². The Labute approximate surface area is 126 Å². The SMILES string of the molecule is Cc1cc(NC(=O)c2cccc3c2OCCO3)cnc1Cl. The second kappa shape index (κ2) is 5.61. The summed E-state index contributed by atoms with van der Waals surface area (Å²) in [6.45, 7) is 2.74. The summed E-state index contributed by atoms with van der Waals surface area (Å²) in [7, 11) is 0. The van der Waals surface area contributed by atoms with Crippen LogP contribution in [-0.2, 0) is 0 Å². The van der Waals surface area contributed by atoms with Gasteiger partial charge in [0.05, 0.1) is 17.4 Å². The van der Waals surface area contributed by atoms with Crippen molar-refractivity contribution in [3.05, 3.63) is 46.7 Å². The fourth-order valence-electron chi connectivity index (χ4n) is 2.08. The normalized spacial score (nSPS) is 12.9. The molecule has 108 valence electrons. The van der Waals surface area contributed by atoms with Gasteiger partial charge >= 0.3 is 0 Å². The van der Waals surface area contributed by atoms with Crippen LogP contribution in [0.15, 0.2) is 30.5 Å². The molecule has 0 atom stereocenters. The zero-order valence-corrected chi connectivity index (χ0v) is 12.1. The number of nitrogens with one attached hydrogen (secondary N) is 1. The van der Waals surface area contributed by atoms with Crippen LogP contribution in [0.25, 0.3) is 0 Å². The molecule has 1 aliphatic heterocycles. The lowest BCUT2D eigenvalue weighted by Crippen LogP contribution is -2.20. The minimum Gasteiger partial charge on any atom is -0.486 e. The number of aromatic nitrogens is 1. The van der Waals surface area contributed by atoms with E-state index in [4.69, 9.17) is 21.1 Å². The molecular weight excluding hydrogens is 292 g/mol. The lowest BCUT2D eigenvalue weighted by atomic mass is 10.1. The van der Waals surface area contributed by atoms with Gasteiger partial charge < -0.3 is 14.8 Å². The molecule has 5 nitrogen and oxygen atoms in total. The van der Waals surface area contributed by atoms with Gasteiger partial charge in [-0.2, -0.15) is 0 Å². The van der Waals surface area contributed by atoms with Crippen molar-refractivity contribution in [1.29, 1.82) is 0 Å². The summed E-state index contributed by atoms with van der Waals surface area (Å²) in [5, 5.41) is 3.20. The maximum Gasteiger partial charge on any atom is 0.259 e. The van der Waals surface area contributed by atoms with Crippen LogP contribution in [0, 0.1) is 6.92 Å². The van der Waals surface area contributed by atoms with E-state index in [1.54, 1.807) is 24.3 Å². The monoisotopic (exact) mass is 304 g/mol. The van der Waals surface area contributed by atoms with Gasteiger partial charge in [-0.05, 0) is 30.7 Å². The van der Waals surface area contributed by atoms with Crippen LogP contribution < -0.4 is 14.8 Å². The quantitative estimate of drug-likeness (QED) is 0.866. The lowest BCUT2D eigenvalue weighted by molar-refractivity contribution is 0.101. The minimum absolute atomic E-state index is 0.277. The molecule has 2 heterocycles. The summed E-state index contributed by atoms with van der Waals surface area (Å²) >= 11 is 5.87. The molecule has 0 bridgehead atoms. The molecule has 0 fully saturated rings. The van der Waals surface area contributed by atoms with Crippen molar-refractivity contribution in [2.75, 3.05) is 18.5 Å². The molecule has 0 aliphatic carbocycles. The Kier molecular flexibility index (Phi) is 3.66. The Morgan fingerprint density at radius 1 is 1.33 bits per heavy atom. The number of anilines is 1. The lowest BCUT2D eigenvalue weighted by Gasteiger charge is -2.20. The predicted molar refractivity (Wildman–Crippen MR) is 79.4 cm³/mol. The number of halogens is 1. The maximum absolute atomic E-state index is 12.4. The number of ether oxygens (including phenoxy) is 2. The van der Waals surface area contributed by atoms with Gasteiger partial charge in [0.15, 0.2) is 11.5 Å². The number of para-hydroxylation sites is 1. The van der Waals surface area contributed by atoms with E-state index in [1.165, 1.54) is 6.20 Å². The minimum atomic E-state index is -0.277. The Balaban J connectivity index is 1.87. The molecule has 0 unspecified atom stereocenters. The number of aryl methyl sites for hydroxylation is 1. The molecule has 2 aromatic rings. The average Bonchev–Trinajstić information content (AvgIpc) is 2.50. The van der Waals surface area contributed by atoms with Crippen LogP contribution in [0.2, 0.25) is 5.15 Å². The van der Waals surface area contributed by atoms with Gasteiger partial charge in [-0.3, -0.25) is 4.79 Å². The van der Waals surface area contributed by atoms with Crippen molar-refractivity contribution in [2.24, 2.45) is 0 Å². The van der Waals surface area contributed by atoms with E-state index in [9.17, 15) is 4.79 Å². The first-order valence-electron chi connectivity index (χ1n) is 6.47. The molecule has 3 rings (SSSR count). The molecule has 0 saturated carbocycles. The van der Waals surface area contributed by atoms with Gasteiger partial charge in [0, 0.05) is 0 Å². The number of carbonyl (C=O) groups excluding carboxylic acids is 1. The van der Waals surface area contributed by atoms with E-state index in [1.807, 2.05) is 6.92 Å². The smallest absolute Gasteiger partial charge is 0.259 e. The standard InChI is InChI=1S/C15H13ClN2O3/c1-9-7-10(8-17-14(9)16)18-15(19)11-3-2-4-12-13(11)21-6-5-20-12/h2-4,7-8H,5-6H2,1H3,(H,18,19). The summed E-state index contributed by atoms with van der Waals surface area (Å²) < 4.78 is 11.0. The van der Waals surface area contributed by atoms with E-state index >= 15 is 0 Å². The summed E-state index contributed by atoms with van der Waals surface area (Å²) in [4.78, 5) is 16.4. The Hall–Kier alpha value is -2.27. The molecule has 1 aromatic carbocycles. The number of fused-ring (bicyclic) bond motifs is 1. The topological polar surface area (TPSA) is 60.5 Å². The number of amides is 1. The van der Waals surface area contributed by atoms with Gasteiger partial charge in [-0.15, -0.1) is 0 Å². The molecule has 0 spiro atoms. The van der Waals surface area contributed by atoms with Gasteiger partial charge in [0.25, 0.3) is 5.91 Å². The Morgan fingerprint density at radius 2 is 2.14 bits per heavy atom. The first-order chi connectivity index (χ1) is 10.1. The third kappa shape index (κ3) is 2.78. The number of hydrogen-bond donors (Lipinski definition) is 1. The van der Waals surface area contributed by atoms with E-state index < -0.39 is 0 Å². The fraction of sp³-hybridized carbons (Fsp3) is 0.200. The molecule has 1 N–H and O–H groups in total. The van der Waals surface area contributed by atoms with Crippen LogP contribution >= 0.6 is 11.6 Å². The number of hydrogen-bond acceptors (Lipinski definition) is 4. The first kappa shape index (κ1) is 13.7. The zero-order valence-electron chi connectivity index (χ0n) is 11.4. The van der Waals surface area contributed by atoms with E-state index in [0.717, 1.165) is 5.56 Å². The highest BCUT2D eigenvalue weighted by Crippen LogP contribution is 2.34. The van der Waals surface area contributed by atoms with Crippen LogP contribution in [0.5, 0.6) is 11.5 Å². The summed E-state index contributed by atoms with van der Waals surface area (Å²) in [6, 6.07) is 6.99. The van der Waals surface area contributed by atoms with Crippen LogP contribution in [0.3, 0.4) is 0 Å². The van der Waals surface area contributed by atoms with Crippen molar-refractivity contribution in [3.63, 3.8) is 0 Å². The van der Waals surface area contributed by atoms with E-state index in [2.05, 4.69) is 10.3 Å². The molecule has 1 aliphatic rings. The number of carbonyl (C=O) groups is 1. The molecule has 0 radical (unpaired) electrons. The number of pyridine rings is 1. The predicted octanol–water partition coefficient (Wildman–Crippen LogP) is 3.07. The average molecular weight is 305 g/mol. The first-order valence-corrected chi connectivity index (χ1v) is 6.85. The van der Waals surface area contributed by atoms with Crippen LogP contribution in [0.4, 0.5) is 5.69 Å². The molecular formula is C15H13ClN2O3. The number of nitrogens with zero attached hydrogens (tertiary/aromatic N) is 1. The van der Waals surface area contributed by atoms with Gasteiger partial charge in [0.1, 0.15) is 18.4 Å². The highest BCUT2D eigenvalue weighted by atomic mass is 35.5. The molecule has 1 amide bonds. The van der Waals surface area contributed by atoms with E-state index in [0.29, 0.717) is 41.1 Å². The highest BCUT2D eigenvalue weighted by Gasteiger charge is 2.20. The number of rotatable bonds is 2. The fourth-order valence-corrected chi connectivity index (χ4v) is 2.18. The Bertz CT molecular complexity index is 703. The third-order valence-corrected chi connectivity index (χ3v) is 3.48. The molecule has 6 heteroatoms. The second-order valence-electron chi connectivity index (χ2n) is 4.62. The summed E-state index contributed by atoms with van der Waals surface area (Å²) in [5.74, 6) is 0.778. The van der Waals surface area contributed by atoms with Crippen molar-refractivity contribution in [1.82, 2.24) is 4.98 Å². The number of benzene rings is 1. The van der Waals surface area contributed by atoms with E-state index in [-0.39, 0.29) is 5.91 Å². The molecule has 0 saturated heterocycles. The van der Waals surface area contributed by atoms with Crippen LogP contribution in [-0.4, -0.2) is 24.1 Å². The van der Waals surface area contributed by atoms with Crippen molar-refractivity contribution in [2.45, 2.75) is 6.92 Å². The molecule has 21 heavy (non-hydrogen) atoms. The maximum atomic E-state index is 12.4. The molecule has 1 aromatic heterocycles. The van der Waals surface area contributed by atoms with Gasteiger partial charge in [0.2, 0.25) is 0 Å². The second-order valence-corrected chi connectivity index (χ2v) is 4.97. The zero-order chi connectivity index (χ0) is 14.8. The van der Waals surface area contributed by atoms with Gasteiger partial charge in [-0.1, -0.05) is 17.7 Å². The summed E-state index contributed by atoms with van der Waals surface area (Å²) in [5.41, 5.74) is 1.81. The summed E-state index contributed by atoms with van der Waals surface area (Å²) in [6.07, 6.45) is 1.51. The third-order valence-electron chi connectivity index (χ3n) is 3.08. The highest BCUT2D eigenvalue weighted by molar-refractivity contribution is 6.30. The van der Waals surface area contributed by atoms with Gasteiger partial charge in [-0.25, -0.2) is 4.98 Å². The van der Waals surface area contributed by atoms with Crippen molar-refractivity contribution in [3.8, 4) is 11.5 Å². The Morgan fingerprint density at radius 3 is 2.95 bits per heavy atom. The van der Waals surface area contributed by atoms with Crippen LogP contribution in [0.1, 0.15) is 15.9 Å². The van der Waals surface area contributed by atoms with Crippen molar-refractivity contribution < 1.29 is 14.3 Å². The largest absolute Gasteiger partial charge is 0.486 e.